The molecule has 0 radical (unpaired) electrons. The highest BCUT2D eigenvalue weighted by Crippen LogP contribution is 2.34. The van der Waals surface area contributed by atoms with Crippen molar-refractivity contribution in [1.29, 1.82) is 0 Å². The molecule has 1 aromatic carbocycles. The number of aliphatic hydroxyl groups excluding tert-OH is 1. The van der Waals surface area contributed by atoms with Crippen LogP contribution in [0.25, 0.3) is 10.2 Å². The van der Waals surface area contributed by atoms with Crippen molar-refractivity contribution >= 4 is 21.6 Å². The maximum Gasteiger partial charge on any atom is 0.262 e. The first-order valence-corrected chi connectivity index (χ1v) is 9.74. The molecular weight excluding hydrogens is 348 g/mol. The maximum atomic E-state index is 13.0. The Morgan fingerprint density at radius 1 is 1.27 bits per heavy atom. The van der Waals surface area contributed by atoms with Crippen molar-refractivity contribution < 1.29 is 9.84 Å². The number of fused-ring (bicyclic) bond motifs is 3. The number of ether oxygens (including phenoxy) is 1. The predicted octanol–water partition coefficient (Wildman–Crippen LogP) is 3.00. The van der Waals surface area contributed by atoms with Crippen LogP contribution in [0.15, 0.2) is 29.1 Å². The van der Waals surface area contributed by atoms with Gasteiger partial charge in [-0.1, -0.05) is 17.7 Å². The molecule has 1 N–H and O–H groups in total. The van der Waals surface area contributed by atoms with Crippen LogP contribution in [0.1, 0.15) is 28.2 Å². The molecule has 0 saturated carbocycles. The van der Waals surface area contributed by atoms with E-state index < -0.39 is 6.10 Å². The number of hydrogen-bond donors (Lipinski definition) is 1. The van der Waals surface area contributed by atoms with E-state index in [2.05, 4.69) is 4.98 Å². The van der Waals surface area contributed by atoms with Crippen molar-refractivity contribution in [2.24, 2.45) is 0 Å². The molecule has 136 valence electrons. The Hall–Kier alpha value is -2.18. The molecule has 0 bridgehead atoms. The second-order valence-electron chi connectivity index (χ2n) is 6.89. The van der Waals surface area contributed by atoms with Crippen molar-refractivity contribution in [2.45, 2.75) is 45.8 Å². The number of aryl methyl sites for hydroxylation is 4. The molecule has 3 aromatic rings. The van der Waals surface area contributed by atoms with Gasteiger partial charge >= 0.3 is 0 Å². The molecule has 1 aliphatic carbocycles. The first kappa shape index (κ1) is 17.2. The van der Waals surface area contributed by atoms with Crippen LogP contribution >= 0.6 is 11.3 Å². The average molecular weight is 370 g/mol. The summed E-state index contributed by atoms with van der Waals surface area (Å²) in [5.41, 5.74) is 2.28. The Labute approximate surface area is 155 Å². The second-order valence-corrected chi connectivity index (χ2v) is 7.97. The lowest BCUT2D eigenvalue weighted by Gasteiger charge is -2.16. The molecule has 26 heavy (non-hydrogen) atoms. The Morgan fingerprint density at radius 2 is 2.04 bits per heavy atom. The summed E-state index contributed by atoms with van der Waals surface area (Å²) in [4.78, 5) is 19.7. The number of aromatic nitrogens is 2. The molecule has 6 heteroatoms. The summed E-state index contributed by atoms with van der Waals surface area (Å²) in [6.07, 6.45) is 2.33. The zero-order valence-electron chi connectivity index (χ0n) is 15.0. The second kappa shape index (κ2) is 6.85. The van der Waals surface area contributed by atoms with Gasteiger partial charge in [0.15, 0.2) is 0 Å². The van der Waals surface area contributed by atoms with Crippen LogP contribution in [0, 0.1) is 13.8 Å². The molecule has 2 heterocycles. The fourth-order valence-electron chi connectivity index (χ4n) is 3.48. The Bertz CT molecular complexity index is 1000. The van der Waals surface area contributed by atoms with Gasteiger partial charge in [-0.15, -0.1) is 11.3 Å². The predicted molar refractivity (Wildman–Crippen MR) is 103 cm³/mol. The third-order valence-electron chi connectivity index (χ3n) is 4.87. The summed E-state index contributed by atoms with van der Waals surface area (Å²) in [5.74, 6) is 1.35. The van der Waals surface area contributed by atoms with E-state index in [0.29, 0.717) is 11.6 Å². The number of hydrogen-bond acceptors (Lipinski definition) is 5. The van der Waals surface area contributed by atoms with E-state index in [4.69, 9.17) is 4.74 Å². The largest absolute Gasteiger partial charge is 0.491 e. The van der Waals surface area contributed by atoms with Crippen LogP contribution in [0.4, 0.5) is 0 Å². The fraction of sp³-hybridized carbons (Fsp3) is 0.400. The summed E-state index contributed by atoms with van der Waals surface area (Å²) >= 11 is 1.64. The highest BCUT2D eigenvalue weighted by Gasteiger charge is 2.23. The summed E-state index contributed by atoms with van der Waals surface area (Å²) in [5, 5.41) is 11.1. The zero-order valence-corrected chi connectivity index (χ0v) is 15.8. The third kappa shape index (κ3) is 3.15. The molecular formula is C20H22N2O3S. The van der Waals surface area contributed by atoms with Gasteiger partial charge in [-0.2, -0.15) is 0 Å². The number of nitrogens with zero attached hydrogens (tertiary/aromatic N) is 2. The molecule has 4 rings (SSSR count). The summed E-state index contributed by atoms with van der Waals surface area (Å²) in [7, 11) is 0. The van der Waals surface area contributed by atoms with Gasteiger partial charge in [0, 0.05) is 4.88 Å². The number of rotatable bonds is 5. The lowest BCUT2D eigenvalue weighted by atomic mass is 10.2. The minimum Gasteiger partial charge on any atom is -0.491 e. The van der Waals surface area contributed by atoms with Gasteiger partial charge in [0.25, 0.3) is 5.56 Å². The van der Waals surface area contributed by atoms with Gasteiger partial charge in [0.05, 0.1) is 11.9 Å². The molecule has 0 spiro atoms. The molecule has 0 fully saturated rings. The standard InChI is InChI=1S/C20H22N2O3S/c1-12-6-8-15(9-7-12)25-11-14(23)10-22-13(2)21-19-18(20(22)24)16-4-3-5-17(16)26-19/h6-9,14,23H,3-5,10-11H2,1-2H3. The van der Waals surface area contributed by atoms with Crippen LogP contribution < -0.4 is 10.3 Å². The van der Waals surface area contributed by atoms with Crippen LogP contribution in [0.5, 0.6) is 5.75 Å². The van der Waals surface area contributed by atoms with Gasteiger partial charge in [-0.05, 0) is 50.8 Å². The minimum absolute atomic E-state index is 0.0405. The van der Waals surface area contributed by atoms with Crippen LogP contribution in [0.3, 0.4) is 0 Å². The average Bonchev–Trinajstić information content (AvgIpc) is 3.18. The normalized spacial score (nSPS) is 14.6. The number of thiophene rings is 1. The molecule has 1 unspecified atom stereocenters. The Balaban J connectivity index is 1.54. The molecule has 0 aliphatic heterocycles. The Morgan fingerprint density at radius 3 is 2.81 bits per heavy atom. The van der Waals surface area contributed by atoms with E-state index in [1.54, 1.807) is 15.9 Å². The zero-order chi connectivity index (χ0) is 18.3. The number of aliphatic hydroxyl groups is 1. The van der Waals surface area contributed by atoms with Gasteiger partial charge in [-0.3, -0.25) is 9.36 Å². The SMILES string of the molecule is Cc1ccc(OCC(O)Cn2c(C)nc3sc4c(c3c2=O)CCC4)cc1. The van der Waals surface area contributed by atoms with Crippen molar-refractivity contribution in [3.8, 4) is 5.75 Å². The third-order valence-corrected chi connectivity index (χ3v) is 6.06. The Kier molecular flexibility index (Phi) is 4.54. The lowest BCUT2D eigenvalue weighted by molar-refractivity contribution is 0.0909. The van der Waals surface area contributed by atoms with E-state index in [1.165, 1.54) is 10.4 Å². The summed E-state index contributed by atoms with van der Waals surface area (Å²) in [6, 6.07) is 7.68. The summed E-state index contributed by atoms with van der Waals surface area (Å²) < 4.78 is 7.22. The van der Waals surface area contributed by atoms with Crippen LogP contribution in [-0.4, -0.2) is 27.4 Å². The summed E-state index contributed by atoms with van der Waals surface area (Å²) in [6.45, 7) is 4.15. The van der Waals surface area contributed by atoms with Gasteiger partial charge < -0.3 is 9.84 Å². The number of benzene rings is 1. The van der Waals surface area contributed by atoms with E-state index in [0.717, 1.165) is 35.0 Å². The highest BCUT2D eigenvalue weighted by atomic mass is 32.1. The molecule has 2 aromatic heterocycles. The first-order valence-electron chi connectivity index (χ1n) is 8.92. The monoisotopic (exact) mass is 370 g/mol. The van der Waals surface area contributed by atoms with Crippen molar-refractivity contribution in [1.82, 2.24) is 9.55 Å². The van der Waals surface area contributed by atoms with Gasteiger partial charge in [0.1, 0.15) is 29.1 Å². The van der Waals surface area contributed by atoms with E-state index in [1.807, 2.05) is 38.1 Å². The van der Waals surface area contributed by atoms with Crippen molar-refractivity contribution in [2.75, 3.05) is 6.61 Å². The molecule has 0 saturated heterocycles. The minimum atomic E-state index is -0.779. The van der Waals surface area contributed by atoms with Gasteiger partial charge in [0.2, 0.25) is 0 Å². The quantitative estimate of drug-likeness (QED) is 0.750. The molecule has 1 atom stereocenters. The van der Waals surface area contributed by atoms with Crippen LogP contribution in [0.2, 0.25) is 0 Å². The first-order chi connectivity index (χ1) is 12.5. The smallest absolute Gasteiger partial charge is 0.262 e. The molecule has 5 nitrogen and oxygen atoms in total. The highest BCUT2D eigenvalue weighted by molar-refractivity contribution is 7.18. The molecule has 1 aliphatic rings. The van der Waals surface area contributed by atoms with Gasteiger partial charge in [-0.25, -0.2) is 4.98 Å². The topological polar surface area (TPSA) is 64.3 Å². The van der Waals surface area contributed by atoms with Crippen molar-refractivity contribution in [3.05, 3.63) is 56.4 Å². The van der Waals surface area contributed by atoms with E-state index in [-0.39, 0.29) is 18.7 Å². The maximum absolute atomic E-state index is 13.0. The van der Waals surface area contributed by atoms with E-state index in [9.17, 15) is 9.90 Å². The lowest BCUT2D eigenvalue weighted by Crippen LogP contribution is -2.32. The fourth-order valence-corrected chi connectivity index (χ4v) is 4.78. The van der Waals surface area contributed by atoms with E-state index >= 15 is 0 Å². The van der Waals surface area contributed by atoms with Crippen LogP contribution in [-0.2, 0) is 19.4 Å². The van der Waals surface area contributed by atoms with Crippen molar-refractivity contribution in [3.63, 3.8) is 0 Å². The molecule has 0 amide bonds.